The summed E-state index contributed by atoms with van der Waals surface area (Å²) in [5.41, 5.74) is 2.83. The van der Waals surface area contributed by atoms with Gasteiger partial charge in [0.2, 0.25) is 0 Å². The van der Waals surface area contributed by atoms with Crippen LogP contribution < -0.4 is 5.32 Å². The predicted molar refractivity (Wildman–Crippen MR) is 77.7 cm³/mol. The minimum absolute atomic E-state index is 0.694. The zero-order valence-electron chi connectivity index (χ0n) is 11.9. The number of likely N-dealkylation sites (tertiary alicyclic amines) is 1. The molecule has 1 aromatic rings. The first-order valence-electron chi connectivity index (χ1n) is 7.18. The van der Waals surface area contributed by atoms with Crippen molar-refractivity contribution in [2.24, 2.45) is 0 Å². The summed E-state index contributed by atoms with van der Waals surface area (Å²) < 4.78 is 0. The van der Waals surface area contributed by atoms with E-state index in [2.05, 4.69) is 55.3 Å². The molecule has 1 fully saturated rings. The highest BCUT2D eigenvalue weighted by Crippen LogP contribution is 2.14. The summed E-state index contributed by atoms with van der Waals surface area (Å²) in [4.78, 5) is 2.58. The molecule has 0 saturated carbocycles. The Hall–Kier alpha value is -0.860. The SMILES string of the molecule is Cc1ccccc1CNC1CCN(C(C)C)CC1. The fourth-order valence-corrected chi connectivity index (χ4v) is 2.68. The van der Waals surface area contributed by atoms with E-state index in [1.807, 2.05) is 0 Å². The molecule has 2 heteroatoms. The molecule has 0 aliphatic carbocycles. The van der Waals surface area contributed by atoms with Gasteiger partial charge in [0.15, 0.2) is 0 Å². The van der Waals surface area contributed by atoms with E-state index in [1.54, 1.807) is 0 Å². The first kappa shape index (κ1) is 13.6. The van der Waals surface area contributed by atoms with Crippen LogP contribution in [0.5, 0.6) is 0 Å². The Morgan fingerprint density at radius 1 is 1.22 bits per heavy atom. The van der Waals surface area contributed by atoms with Gasteiger partial charge in [-0.25, -0.2) is 0 Å². The first-order chi connectivity index (χ1) is 8.66. The van der Waals surface area contributed by atoms with Gasteiger partial charge >= 0.3 is 0 Å². The fraction of sp³-hybridized carbons (Fsp3) is 0.625. The van der Waals surface area contributed by atoms with E-state index < -0.39 is 0 Å². The number of benzene rings is 1. The van der Waals surface area contributed by atoms with Crippen LogP contribution in [0.1, 0.15) is 37.8 Å². The van der Waals surface area contributed by atoms with Gasteiger partial charge in [-0.1, -0.05) is 24.3 Å². The fourth-order valence-electron chi connectivity index (χ4n) is 2.68. The highest BCUT2D eigenvalue weighted by molar-refractivity contribution is 5.25. The Morgan fingerprint density at radius 3 is 2.50 bits per heavy atom. The monoisotopic (exact) mass is 246 g/mol. The molecule has 1 aliphatic rings. The summed E-state index contributed by atoms with van der Waals surface area (Å²) in [6.45, 7) is 10.3. The zero-order chi connectivity index (χ0) is 13.0. The van der Waals surface area contributed by atoms with Crippen LogP contribution in [0.25, 0.3) is 0 Å². The van der Waals surface area contributed by atoms with Gasteiger partial charge in [-0.3, -0.25) is 0 Å². The molecule has 0 amide bonds. The van der Waals surface area contributed by atoms with Crippen molar-refractivity contribution < 1.29 is 0 Å². The van der Waals surface area contributed by atoms with E-state index in [9.17, 15) is 0 Å². The summed E-state index contributed by atoms with van der Waals surface area (Å²) in [7, 11) is 0. The topological polar surface area (TPSA) is 15.3 Å². The van der Waals surface area contributed by atoms with E-state index >= 15 is 0 Å². The van der Waals surface area contributed by atoms with Gasteiger partial charge in [0.25, 0.3) is 0 Å². The molecule has 0 aromatic heterocycles. The molecule has 1 heterocycles. The van der Waals surface area contributed by atoms with Crippen molar-refractivity contribution in [3.63, 3.8) is 0 Å². The molecular formula is C16H26N2. The van der Waals surface area contributed by atoms with E-state index in [1.165, 1.54) is 37.1 Å². The van der Waals surface area contributed by atoms with Gasteiger partial charge in [0, 0.05) is 18.6 Å². The molecule has 0 radical (unpaired) electrons. The van der Waals surface area contributed by atoms with Crippen LogP contribution in [0.4, 0.5) is 0 Å². The van der Waals surface area contributed by atoms with Gasteiger partial charge in [-0.05, 0) is 57.8 Å². The molecule has 0 unspecified atom stereocenters. The van der Waals surface area contributed by atoms with Crippen molar-refractivity contribution >= 4 is 0 Å². The second-order valence-corrected chi connectivity index (χ2v) is 5.71. The maximum atomic E-state index is 3.71. The van der Waals surface area contributed by atoms with Crippen molar-refractivity contribution in [2.75, 3.05) is 13.1 Å². The van der Waals surface area contributed by atoms with Crippen LogP contribution in [0.3, 0.4) is 0 Å². The normalized spacial score (nSPS) is 18.4. The van der Waals surface area contributed by atoms with Crippen LogP contribution in [0.2, 0.25) is 0 Å². The van der Waals surface area contributed by atoms with Gasteiger partial charge in [0.1, 0.15) is 0 Å². The highest BCUT2D eigenvalue weighted by atomic mass is 15.2. The molecule has 18 heavy (non-hydrogen) atoms. The molecule has 0 bridgehead atoms. The Bertz CT molecular complexity index is 365. The predicted octanol–water partition coefficient (Wildman–Crippen LogP) is 2.96. The number of nitrogens with zero attached hydrogens (tertiary/aromatic N) is 1. The third kappa shape index (κ3) is 3.56. The standard InChI is InChI=1S/C16H26N2/c1-13(2)18-10-8-16(9-11-18)17-12-15-7-5-4-6-14(15)3/h4-7,13,16-17H,8-12H2,1-3H3. The quantitative estimate of drug-likeness (QED) is 0.878. The van der Waals surface area contributed by atoms with Crippen LogP contribution in [0.15, 0.2) is 24.3 Å². The van der Waals surface area contributed by atoms with Crippen molar-refractivity contribution in [3.05, 3.63) is 35.4 Å². The maximum Gasteiger partial charge on any atom is 0.0210 e. The third-order valence-electron chi connectivity index (χ3n) is 4.10. The number of hydrogen-bond donors (Lipinski definition) is 1. The lowest BCUT2D eigenvalue weighted by Gasteiger charge is -2.35. The average molecular weight is 246 g/mol. The van der Waals surface area contributed by atoms with Gasteiger partial charge in [-0.15, -0.1) is 0 Å². The van der Waals surface area contributed by atoms with Crippen molar-refractivity contribution in [1.29, 1.82) is 0 Å². The number of nitrogens with one attached hydrogen (secondary N) is 1. The molecule has 1 aliphatic heterocycles. The van der Waals surface area contributed by atoms with Crippen molar-refractivity contribution in [1.82, 2.24) is 10.2 Å². The summed E-state index contributed by atoms with van der Waals surface area (Å²) in [6, 6.07) is 10.1. The largest absolute Gasteiger partial charge is 0.310 e. The summed E-state index contributed by atoms with van der Waals surface area (Å²) in [6.07, 6.45) is 2.56. The number of aryl methyl sites for hydroxylation is 1. The summed E-state index contributed by atoms with van der Waals surface area (Å²) in [5.74, 6) is 0. The minimum atomic E-state index is 0.694. The highest BCUT2D eigenvalue weighted by Gasteiger charge is 2.20. The van der Waals surface area contributed by atoms with Crippen LogP contribution in [-0.4, -0.2) is 30.1 Å². The van der Waals surface area contributed by atoms with Gasteiger partial charge in [-0.2, -0.15) is 0 Å². The second kappa shape index (κ2) is 6.35. The molecule has 2 nitrogen and oxygen atoms in total. The molecule has 0 spiro atoms. The molecule has 2 rings (SSSR count). The van der Waals surface area contributed by atoms with Gasteiger partial charge < -0.3 is 10.2 Å². The van der Waals surface area contributed by atoms with Gasteiger partial charge in [0.05, 0.1) is 0 Å². The lowest BCUT2D eigenvalue weighted by atomic mass is 10.0. The van der Waals surface area contributed by atoms with Crippen molar-refractivity contribution in [2.45, 2.75) is 52.2 Å². The molecule has 1 saturated heterocycles. The minimum Gasteiger partial charge on any atom is -0.310 e. The summed E-state index contributed by atoms with van der Waals surface area (Å²) in [5, 5.41) is 3.71. The second-order valence-electron chi connectivity index (χ2n) is 5.71. The third-order valence-corrected chi connectivity index (χ3v) is 4.10. The lowest BCUT2D eigenvalue weighted by Crippen LogP contribution is -2.44. The van der Waals surface area contributed by atoms with E-state index in [0.717, 1.165) is 6.54 Å². The van der Waals surface area contributed by atoms with E-state index in [0.29, 0.717) is 12.1 Å². The Kier molecular flexibility index (Phi) is 4.79. The number of piperidine rings is 1. The molecule has 1 N–H and O–H groups in total. The Balaban J connectivity index is 1.77. The maximum absolute atomic E-state index is 3.71. The molecule has 0 atom stereocenters. The van der Waals surface area contributed by atoms with Crippen LogP contribution in [-0.2, 0) is 6.54 Å². The first-order valence-corrected chi connectivity index (χ1v) is 7.18. The molecule has 1 aromatic carbocycles. The zero-order valence-corrected chi connectivity index (χ0v) is 11.9. The summed E-state index contributed by atoms with van der Waals surface area (Å²) >= 11 is 0. The van der Waals surface area contributed by atoms with Crippen LogP contribution in [0, 0.1) is 6.92 Å². The number of rotatable bonds is 4. The molecular weight excluding hydrogens is 220 g/mol. The molecule has 100 valence electrons. The van der Waals surface area contributed by atoms with E-state index in [-0.39, 0.29) is 0 Å². The van der Waals surface area contributed by atoms with E-state index in [4.69, 9.17) is 0 Å². The average Bonchev–Trinajstić information content (AvgIpc) is 2.38. The number of hydrogen-bond acceptors (Lipinski definition) is 2. The van der Waals surface area contributed by atoms with Crippen LogP contribution >= 0.6 is 0 Å². The Labute approximate surface area is 111 Å². The van der Waals surface area contributed by atoms with Crippen molar-refractivity contribution in [3.8, 4) is 0 Å². The lowest BCUT2D eigenvalue weighted by molar-refractivity contribution is 0.161. The Morgan fingerprint density at radius 2 is 1.89 bits per heavy atom. The smallest absolute Gasteiger partial charge is 0.0210 e.